The molecular formula is C25H31FN2O3. The Balaban J connectivity index is 2.31. The third-order valence-electron chi connectivity index (χ3n) is 4.96. The molecule has 0 aliphatic heterocycles. The first-order valence-corrected chi connectivity index (χ1v) is 10.3. The minimum Gasteiger partial charge on any atom is -0.467 e. The van der Waals surface area contributed by atoms with Gasteiger partial charge >= 0.3 is 5.97 Å². The van der Waals surface area contributed by atoms with Gasteiger partial charge in [0.05, 0.1) is 7.11 Å². The van der Waals surface area contributed by atoms with E-state index in [0.717, 1.165) is 27.9 Å². The Morgan fingerprint density at radius 1 is 1.03 bits per heavy atom. The molecule has 6 heteroatoms. The third kappa shape index (κ3) is 6.17. The number of nitrogens with one attached hydrogen (secondary N) is 2. The summed E-state index contributed by atoms with van der Waals surface area (Å²) in [5.41, 5.74) is 5.22. The van der Waals surface area contributed by atoms with E-state index in [0.29, 0.717) is 11.1 Å². The highest BCUT2D eigenvalue weighted by molar-refractivity contribution is 5.99. The van der Waals surface area contributed by atoms with E-state index in [9.17, 15) is 14.0 Å². The molecule has 2 aromatic rings. The number of esters is 1. The van der Waals surface area contributed by atoms with Crippen LogP contribution in [0.15, 0.2) is 35.9 Å². The van der Waals surface area contributed by atoms with Crippen LogP contribution in [0.25, 0.3) is 17.2 Å². The van der Waals surface area contributed by atoms with Crippen molar-refractivity contribution >= 4 is 23.6 Å². The highest BCUT2D eigenvalue weighted by atomic mass is 19.1. The van der Waals surface area contributed by atoms with Gasteiger partial charge in [-0.2, -0.15) is 0 Å². The molecule has 5 nitrogen and oxygen atoms in total. The van der Waals surface area contributed by atoms with Gasteiger partial charge < -0.3 is 15.4 Å². The van der Waals surface area contributed by atoms with Crippen LogP contribution in [0.2, 0.25) is 0 Å². The number of hydrogen-bond donors (Lipinski definition) is 2. The zero-order valence-corrected chi connectivity index (χ0v) is 19.2. The van der Waals surface area contributed by atoms with E-state index in [1.54, 1.807) is 26.0 Å². The largest absolute Gasteiger partial charge is 0.467 e. The molecule has 1 atom stereocenters. The minimum atomic E-state index is -0.734. The fraction of sp³-hybridized carbons (Fsp3) is 0.360. The van der Waals surface area contributed by atoms with Gasteiger partial charge in [0.1, 0.15) is 11.9 Å². The summed E-state index contributed by atoms with van der Waals surface area (Å²) in [5.74, 6) is -1.14. The van der Waals surface area contributed by atoms with E-state index in [-0.39, 0.29) is 17.8 Å². The summed E-state index contributed by atoms with van der Waals surface area (Å²) in [7, 11) is 1.28. The summed E-state index contributed by atoms with van der Waals surface area (Å²) in [6.07, 6.45) is 1.76. The SMILES string of the molecule is COC(=O)[C@@H](C)NC(=O)/C(C)=C/c1cc(C)c(-c2ccc(NC(C)C)cc2F)cc1C. The Kier molecular flexibility index (Phi) is 7.97. The standard InChI is InChI=1S/C25H31FN2O3/c1-14(2)27-20-8-9-21(23(26)13-20)22-12-15(3)19(10-16(22)4)11-17(5)24(29)28-18(6)25(30)31-7/h8-14,18,27H,1-7H3,(H,28,29)/b17-11+/t18-/m1/s1. The van der Waals surface area contributed by atoms with E-state index in [2.05, 4.69) is 15.4 Å². The Hall–Kier alpha value is -3.15. The number of anilines is 1. The van der Waals surface area contributed by atoms with Crippen molar-refractivity contribution in [2.75, 3.05) is 12.4 Å². The van der Waals surface area contributed by atoms with Crippen molar-refractivity contribution in [3.8, 4) is 11.1 Å². The molecule has 0 aliphatic carbocycles. The van der Waals surface area contributed by atoms with Gasteiger partial charge in [0.2, 0.25) is 5.91 Å². The van der Waals surface area contributed by atoms with Crippen LogP contribution in [0.5, 0.6) is 0 Å². The van der Waals surface area contributed by atoms with Crippen molar-refractivity contribution in [2.45, 2.75) is 53.6 Å². The van der Waals surface area contributed by atoms with E-state index in [4.69, 9.17) is 0 Å². The summed E-state index contributed by atoms with van der Waals surface area (Å²) in [4.78, 5) is 23.9. The van der Waals surface area contributed by atoms with Crippen LogP contribution in [0, 0.1) is 19.7 Å². The second-order valence-electron chi connectivity index (χ2n) is 8.06. The van der Waals surface area contributed by atoms with Gasteiger partial charge in [-0.3, -0.25) is 4.79 Å². The molecule has 0 radical (unpaired) electrons. The van der Waals surface area contributed by atoms with Crippen molar-refractivity contribution < 1.29 is 18.7 Å². The summed E-state index contributed by atoms with van der Waals surface area (Å²) in [5, 5.41) is 5.81. The molecule has 31 heavy (non-hydrogen) atoms. The number of hydrogen-bond acceptors (Lipinski definition) is 4. The number of amides is 1. The van der Waals surface area contributed by atoms with Crippen LogP contribution in [0.1, 0.15) is 44.4 Å². The number of rotatable bonds is 7. The van der Waals surface area contributed by atoms with E-state index < -0.39 is 12.0 Å². The second-order valence-corrected chi connectivity index (χ2v) is 8.06. The molecule has 2 rings (SSSR count). The minimum absolute atomic E-state index is 0.219. The first-order valence-electron chi connectivity index (χ1n) is 10.3. The van der Waals surface area contributed by atoms with Crippen molar-refractivity contribution in [1.29, 1.82) is 0 Å². The fourth-order valence-electron chi connectivity index (χ4n) is 3.29. The highest BCUT2D eigenvalue weighted by Gasteiger charge is 2.17. The number of methoxy groups -OCH3 is 1. The third-order valence-corrected chi connectivity index (χ3v) is 4.96. The highest BCUT2D eigenvalue weighted by Crippen LogP contribution is 2.31. The van der Waals surface area contributed by atoms with Crippen molar-refractivity contribution in [1.82, 2.24) is 5.32 Å². The van der Waals surface area contributed by atoms with Crippen LogP contribution in [-0.2, 0) is 14.3 Å². The van der Waals surface area contributed by atoms with E-state index in [1.165, 1.54) is 13.2 Å². The molecule has 0 aromatic heterocycles. The van der Waals surface area contributed by atoms with Crippen molar-refractivity contribution in [3.05, 3.63) is 58.4 Å². The molecule has 2 aromatic carbocycles. The average Bonchev–Trinajstić information content (AvgIpc) is 2.69. The number of carbonyl (C=O) groups is 2. The zero-order valence-electron chi connectivity index (χ0n) is 19.2. The van der Waals surface area contributed by atoms with Gasteiger partial charge in [0.15, 0.2) is 0 Å². The normalized spacial score (nSPS) is 12.5. The van der Waals surface area contributed by atoms with E-state index in [1.807, 2.05) is 45.9 Å². The first-order chi connectivity index (χ1) is 14.5. The van der Waals surface area contributed by atoms with Crippen LogP contribution < -0.4 is 10.6 Å². The molecule has 0 bridgehead atoms. The lowest BCUT2D eigenvalue weighted by atomic mass is 9.93. The molecule has 0 saturated carbocycles. The first kappa shape index (κ1) is 24.1. The summed E-state index contributed by atoms with van der Waals surface area (Å²) < 4.78 is 19.4. The van der Waals surface area contributed by atoms with Crippen LogP contribution in [-0.4, -0.2) is 31.1 Å². The van der Waals surface area contributed by atoms with Gasteiger partial charge in [-0.25, -0.2) is 9.18 Å². The molecule has 0 fully saturated rings. The lowest BCUT2D eigenvalue weighted by Crippen LogP contribution is -2.39. The van der Waals surface area contributed by atoms with Crippen LogP contribution >= 0.6 is 0 Å². The predicted octanol–water partition coefficient (Wildman–Crippen LogP) is 5.01. The van der Waals surface area contributed by atoms with Gasteiger partial charge in [0, 0.05) is 22.9 Å². The Morgan fingerprint density at radius 2 is 1.71 bits per heavy atom. The Labute approximate surface area is 183 Å². The van der Waals surface area contributed by atoms with Crippen molar-refractivity contribution in [3.63, 3.8) is 0 Å². The zero-order chi connectivity index (χ0) is 23.3. The monoisotopic (exact) mass is 426 g/mol. The number of carbonyl (C=O) groups excluding carboxylic acids is 2. The molecule has 0 aliphatic rings. The maximum absolute atomic E-state index is 14.8. The second kappa shape index (κ2) is 10.2. The van der Waals surface area contributed by atoms with Gasteiger partial charge in [-0.05, 0) is 88.1 Å². The van der Waals surface area contributed by atoms with Crippen LogP contribution in [0.3, 0.4) is 0 Å². The topological polar surface area (TPSA) is 67.4 Å². The molecule has 0 spiro atoms. The number of ether oxygens (including phenoxy) is 1. The summed E-state index contributed by atoms with van der Waals surface area (Å²) in [6.45, 7) is 11.1. The van der Waals surface area contributed by atoms with Gasteiger partial charge in [-0.1, -0.05) is 12.1 Å². The lowest BCUT2D eigenvalue weighted by Gasteiger charge is -2.15. The molecule has 0 unspecified atom stereocenters. The quantitative estimate of drug-likeness (QED) is 0.482. The molecule has 1 amide bonds. The maximum atomic E-state index is 14.8. The predicted molar refractivity (Wildman–Crippen MR) is 123 cm³/mol. The molecule has 166 valence electrons. The number of halogens is 1. The Morgan fingerprint density at radius 3 is 2.29 bits per heavy atom. The number of benzene rings is 2. The van der Waals surface area contributed by atoms with Gasteiger partial charge in [-0.15, -0.1) is 0 Å². The molecule has 0 saturated heterocycles. The number of aryl methyl sites for hydroxylation is 2. The van der Waals surface area contributed by atoms with Gasteiger partial charge in [0.25, 0.3) is 0 Å². The maximum Gasteiger partial charge on any atom is 0.328 e. The summed E-state index contributed by atoms with van der Waals surface area (Å²) >= 11 is 0. The molecular weight excluding hydrogens is 395 g/mol. The van der Waals surface area contributed by atoms with Crippen molar-refractivity contribution in [2.24, 2.45) is 0 Å². The van der Waals surface area contributed by atoms with E-state index >= 15 is 0 Å². The smallest absolute Gasteiger partial charge is 0.328 e. The average molecular weight is 427 g/mol. The lowest BCUT2D eigenvalue weighted by molar-refractivity contribution is -0.144. The fourth-order valence-corrected chi connectivity index (χ4v) is 3.29. The molecule has 2 N–H and O–H groups in total. The van der Waals surface area contributed by atoms with Crippen LogP contribution in [0.4, 0.5) is 10.1 Å². The summed E-state index contributed by atoms with van der Waals surface area (Å²) in [6, 6.07) is 8.51. The Bertz CT molecular complexity index is 1010. The molecule has 0 heterocycles.